The monoisotopic (exact) mass is 488 g/mol. The molecular formula is C20H33IN4O2. The predicted octanol–water partition coefficient (Wildman–Crippen LogP) is 3.03. The van der Waals surface area contributed by atoms with Gasteiger partial charge in [-0.15, -0.1) is 24.0 Å². The van der Waals surface area contributed by atoms with Crippen LogP contribution in [0.25, 0.3) is 0 Å². The van der Waals surface area contributed by atoms with Crippen molar-refractivity contribution in [3.63, 3.8) is 0 Å². The van der Waals surface area contributed by atoms with E-state index in [4.69, 9.17) is 4.74 Å². The van der Waals surface area contributed by atoms with Crippen LogP contribution in [-0.2, 0) is 4.79 Å². The Kier molecular flexibility index (Phi) is 11.2. The zero-order valence-electron chi connectivity index (χ0n) is 16.6. The SMILES string of the molecule is CCC(C)NC(=O)CCNC(=NC)N1CCC(Oc2ccccc2)CC1.I. The zero-order valence-corrected chi connectivity index (χ0v) is 18.9. The summed E-state index contributed by atoms with van der Waals surface area (Å²) in [6, 6.07) is 10.2. The van der Waals surface area contributed by atoms with Crippen molar-refractivity contribution in [2.75, 3.05) is 26.7 Å². The van der Waals surface area contributed by atoms with Crippen LogP contribution in [0.15, 0.2) is 35.3 Å². The van der Waals surface area contributed by atoms with E-state index in [0.717, 1.165) is 44.1 Å². The molecule has 1 aliphatic rings. The molecule has 2 N–H and O–H groups in total. The minimum absolute atomic E-state index is 0. The molecule has 1 unspecified atom stereocenters. The number of hydrogen-bond acceptors (Lipinski definition) is 3. The first-order chi connectivity index (χ1) is 12.6. The topological polar surface area (TPSA) is 66.0 Å². The number of carbonyl (C=O) groups is 1. The second-order valence-corrected chi connectivity index (χ2v) is 6.72. The molecule has 1 fully saturated rings. The van der Waals surface area contributed by atoms with Gasteiger partial charge in [-0.3, -0.25) is 9.79 Å². The molecular weight excluding hydrogens is 455 g/mol. The van der Waals surface area contributed by atoms with Gasteiger partial charge in [0.25, 0.3) is 0 Å². The summed E-state index contributed by atoms with van der Waals surface area (Å²) in [7, 11) is 1.79. The van der Waals surface area contributed by atoms with Crippen LogP contribution in [0.4, 0.5) is 0 Å². The van der Waals surface area contributed by atoms with Crippen LogP contribution in [-0.4, -0.2) is 55.6 Å². The van der Waals surface area contributed by atoms with Gasteiger partial charge in [0.15, 0.2) is 5.96 Å². The Labute approximate surface area is 180 Å². The smallest absolute Gasteiger partial charge is 0.221 e. The molecule has 1 aromatic rings. The summed E-state index contributed by atoms with van der Waals surface area (Å²) in [5, 5.41) is 6.28. The van der Waals surface area contributed by atoms with E-state index in [9.17, 15) is 4.79 Å². The van der Waals surface area contributed by atoms with E-state index in [1.54, 1.807) is 7.05 Å². The van der Waals surface area contributed by atoms with Crippen molar-refractivity contribution in [1.29, 1.82) is 0 Å². The van der Waals surface area contributed by atoms with Crippen molar-refractivity contribution in [1.82, 2.24) is 15.5 Å². The van der Waals surface area contributed by atoms with E-state index in [1.165, 1.54) is 0 Å². The van der Waals surface area contributed by atoms with Gasteiger partial charge >= 0.3 is 0 Å². The number of aliphatic imine (C=N–C) groups is 1. The third kappa shape index (κ3) is 8.36. The van der Waals surface area contributed by atoms with E-state index in [1.807, 2.05) is 37.3 Å². The number of carbonyl (C=O) groups excluding carboxylic acids is 1. The number of ether oxygens (including phenoxy) is 1. The highest BCUT2D eigenvalue weighted by atomic mass is 127. The summed E-state index contributed by atoms with van der Waals surface area (Å²) in [6.07, 6.45) is 3.57. The summed E-state index contributed by atoms with van der Waals surface area (Å²) in [5.41, 5.74) is 0. The average Bonchev–Trinajstić information content (AvgIpc) is 2.67. The first-order valence-electron chi connectivity index (χ1n) is 9.59. The van der Waals surface area contributed by atoms with Gasteiger partial charge in [-0.25, -0.2) is 0 Å². The number of guanidine groups is 1. The molecule has 2 rings (SSSR count). The Balaban J connectivity index is 0.00000364. The van der Waals surface area contributed by atoms with Crippen molar-refractivity contribution in [3.8, 4) is 5.75 Å². The number of amides is 1. The van der Waals surface area contributed by atoms with Gasteiger partial charge in [0, 0.05) is 52.0 Å². The number of hydrogen-bond donors (Lipinski definition) is 2. The highest BCUT2D eigenvalue weighted by molar-refractivity contribution is 14.0. The number of likely N-dealkylation sites (tertiary alicyclic amines) is 1. The third-order valence-electron chi connectivity index (χ3n) is 4.65. The number of rotatable bonds is 7. The highest BCUT2D eigenvalue weighted by Crippen LogP contribution is 2.18. The van der Waals surface area contributed by atoms with Gasteiger partial charge in [-0.2, -0.15) is 0 Å². The van der Waals surface area contributed by atoms with Gasteiger partial charge in [-0.05, 0) is 25.5 Å². The van der Waals surface area contributed by atoms with Crippen molar-refractivity contribution in [2.45, 2.75) is 51.7 Å². The fourth-order valence-corrected chi connectivity index (χ4v) is 2.95. The molecule has 0 aromatic heterocycles. The lowest BCUT2D eigenvalue weighted by atomic mass is 10.1. The number of halogens is 1. The molecule has 0 saturated carbocycles. The van der Waals surface area contributed by atoms with Crippen molar-refractivity contribution < 1.29 is 9.53 Å². The molecule has 7 heteroatoms. The van der Waals surface area contributed by atoms with Crippen LogP contribution < -0.4 is 15.4 Å². The van der Waals surface area contributed by atoms with E-state index < -0.39 is 0 Å². The number of nitrogens with one attached hydrogen (secondary N) is 2. The molecule has 1 amide bonds. The Morgan fingerprint density at radius 2 is 1.96 bits per heavy atom. The summed E-state index contributed by atoms with van der Waals surface area (Å²) in [4.78, 5) is 18.4. The first kappa shape index (κ1) is 23.5. The van der Waals surface area contributed by atoms with E-state index in [2.05, 4.69) is 27.4 Å². The summed E-state index contributed by atoms with van der Waals surface area (Å²) in [5.74, 6) is 1.87. The maximum absolute atomic E-state index is 11.9. The minimum Gasteiger partial charge on any atom is -0.490 e. The summed E-state index contributed by atoms with van der Waals surface area (Å²) < 4.78 is 6.04. The van der Waals surface area contributed by atoms with E-state index >= 15 is 0 Å². The molecule has 0 spiro atoms. The predicted molar refractivity (Wildman–Crippen MR) is 121 cm³/mol. The van der Waals surface area contributed by atoms with Crippen LogP contribution in [0, 0.1) is 0 Å². The normalized spacial score (nSPS) is 16.3. The van der Waals surface area contributed by atoms with Crippen LogP contribution in [0.2, 0.25) is 0 Å². The standard InChI is InChI=1S/C20H32N4O2.HI/c1-4-16(2)23-19(25)10-13-22-20(21-3)24-14-11-18(12-15-24)26-17-8-6-5-7-9-17;/h5-9,16,18H,4,10-15H2,1-3H3,(H,21,22)(H,23,25);1H. The van der Waals surface area contributed by atoms with Gasteiger partial charge < -0.3 is 20.3 Å². The van der Waals surface area contributed by atoms with Gasteiger partial charge in [-0.1, -0.05) is 25.1 Å². The molecule has 1 saturated heterocycles. The molecule has 6 nitrogen and oxygen atoms in total. The van der Waals surface area contributed by atoms with Crippen molar-refractivity contribution >= 4 is 35.8 Å². The fraction of sp³-hybridized carbons (Fsp3) is 0.600. The summed E-state index contributed by atoms with van der Waals surface area (Å²) >= 11 is 0. The maximum atomic E-state index is 11.9. The molecule has 1 atom stereocenters. The Bertz CT molecular complexity index is 575. The molecule has 0 aliphatic carbocycles. The number of benzene rings is 1. The molecule has 0 radical (unpaired) electrons. The number of para-hydroxylation sites is 1. The molecule has 152 valence electrons. The van der Waals surface area contributed by atoms with Crippen molar-refractivity contribution in [3.05, 3.63) is 30.3 Å². The second-order valence-electron chi connectivity index (χ2n) is 6.72. The molecule has 27 heavy (non-hydrogen) atoms. The zero-order chi connectivity index (χ0) is 18.8. The second kappa shape index (κ2) is 12.8. The lowest BCUT2D eigenvalue weighted by molar-refractivity contribution is -0.121. The van der Waals surface area contributed by atoms with Gasteiger partial charge in [0.05, 0.1) is 0 Å². The third-order valence-corrected chi connectivity index (χ3v) is 4.65. The fourth-order valence-electron chi connectivity index (χ4n) is 2.95. The quantitative estimate of drug-likeness (QED) is 0.352. The Morgan fingerprint density at radius 1 is 1.30 bits per heavy atom. The number of piperidine rings is 1. The molecule has 0 bridgehead atoms. The van der Waals surface area contributed by atoms with Gasteiger partial charge in [0.1, 0.15) is 11.9 Å². The molecule has 1 aromatic carbocycles. The largest absolute Gasteiger partial charge is 0.490 e. The minimum atomic E-state index is 0. The van der Waals surface area contributed by atoms with E-state index in [0.29, 0.717) is 13.0 Å². The van der Waals surface area contributed by atoms with Crippen LogP contribution in [0.3, 0.4) is 0 Å². The van der Waals surface area contributed by atoms with Crippen LogP contribution in [0.1, 0.15) is 39.5 Å². The van der Waals surface area contributed by atoms with Crippen molar-refractivity contribution in [2.24, 2.45) is 4.99 Å². The number of nitrogens with zero attached hydrogens (tertiary/aromatic N) is 2. The lowest BCUT2D eigenvalue weighted by Crippen LogP contribution is -2.48. The average molecular weight is 488 g/mol. The van der Waals surface area contributed by atoms with Crippen LogP contribution >= 0.6 is 24.0 Å². The molecule has 1 heterocycles. The maximum Gasteiger partial charge on any atom is 0.221 e. The van der Waals surface area contributed by atoms with Gasteiger partial charge in [0.2, 0.25) is 5.91 Å². The molecule has 1 aliphatic heterocycles. The Hall–Kier alpha value is -1.51. The highest BCUT2D eigenvalue weighted by Gasteiger charge is 2.22. The van der Waals surface area contributed by atoms with Crippen LogP contribution in [0.5, 0.6) is 5.75 Å². The van der Waals surface area contributed by atoms with E-state index in [-0.39, 0.29) is 42.0 Å². The summed E-state index contributed by atoms with van der Waals surface area (Å²) in [6.45, 7) is 6.48. The first-order valence-corrected chi connectivity index (χ1v) is 9.59. The Morgan fingerprint density at radius 3 is 2.56 bits per heavy atom. The lowest BCUT2D eigenvalue weighted by Gasteiger charge is -2.34.